The molecule has 0 N–H and O–H groups in total. The Morgan fingerprint density at radius 1 is 1.20 bits per heavy atom. The highest BCUT2D eigenvalue weighted by molar-refractivity contribution is 6.30. The third kappa shape index (κ3) is 2.40. The molecule has 1 aliphatic rings. The number of hydrogen-bond donors (Lipinski definition) is 0. The highest BCUT2D eigenvalue weighted by Crippen LogP contribution is 2.27. The summed E-state index contributed by atoms with van der Waals surface area (Å²) in [5, 5.41) is 0.771. The number of hydrogen-bond acceptors (Lipinski definition) is 1. The topological polar surface area (TPSA) is 17.1 Å². The summed E-state index contributed by atoms with van der Waals surface area (Å²) in [7, 11) is 0. The van der Waals surface area contributed by atoms with Crippen LogP contribution in [0.15, 0.2) is 12.1 Å². The van der Waals surface area contributed by atoms with Crippen molar-refractivity contribution in [2.75, 3.05) is 0 Å². The Balaban J connectivity index is 2.44. The molecule has 1 aliphatic carbocycles. The van der Waals surface area contributed by atoms with Gasteiger partial charge in [-0.25, -0.2) is 0 Å². The quantitative estimate of drug-likeness (QED) is 0.554. The molecule has 2 heteroatoms. The first-order chi connectivity index (χ1) is 7.31. The molecule has 0 heterocycles. The van der Waals surface area contributed by atoms with Crippen LogP contribution in [0.4, 0.5) is 0 Å². The number of aryl methyl sites for hydroxylation is 1. The van der Waals surface area contributed by atoms with Crippen molar-refractivity contribution in [3.8, 4) is 0 Å². The minimum atomic E-state index is 0.503. The summed E-state index contributed by atoms with van der Waals surface area (Å²) in [6.07, 6.45) is 7.46. The maximum Gasteiger partial charge on any atom is 0.124 e. The maximum atomic E-state index is 10.6. The van der Waals surface area contributed by atoms with E-state index in [1.165, 1.54) is 30.4 Å². The van der Waals surface area contributed by atoms with Crippen LogP contribution >= 0.6 is 11.6 Å². The van der Waals surface area contributed by atoms with Crippen LogP contribution in [0.2, 0.25) is 5.02 Å². The molecule has 0 atom stereocenters. The van der Waals surface area contributed by atoms with Crippen LogP contribution in [-0.4, -0.2) is 6.29 Å². The number of carbonyl (C=O) groups is 1. The predicted octanol–water partition coefficient (Wildman–Crippen LogP) is 3.35. The zero-order valence-electron chi connectivity index (χ0n) is 8.76. The summed E-state index contributed by atoms with van der Waals surface area (Å²) in [4.78, 5) is 10.6. The van der Waals surface area contributed by atoms with Gasteiger partial charge in [-0.2, -0.15) is 0 Å². The van der Waals surface area contributed by atoms with Gasteiger partial charge in [-0.15, -0.1) is 0 Å². The molecule has 0 unspecified atom stereocenters. The van der Waals surface area contributed by atoms with E-state index in [0.717, 1.165) is 29.7 Å². The molecule has 2 rings (SSSR count). The maximum absolute atomic E-state index is 10.6. The number of halogens is 1. The van der Waals surface area contributed by atoms with Crippen LogP contribution < -0.4 is 0 Å². The highest BCUT2D eigenvalue weighted by atomic mass is 35.5. The van der Waals surface area contributed by atoms with Gasteiger partial charge in [0.05, 0.1) is 0 Å². The molecule has 80 valence electrons. The van der Waals surface area contributed by atoms with Gasteiger partial charge in [-0.1, -0.05) is 18.0 Å². The Morgan fingerprint density at radius 3 is 2.80 bits per heavy atom. The average Bonchev–Trinajstić information content (AvgIpc) is 2.43. The van der Waals surface area contributed by atoms with Crippen molar-refractivity contribution in [2.24, 2.45) is 0 Å². The van der Waals surface area contributed by atoms with Gasteiger partial charge < -0.3 is 4.79 Å². The summed E-state index contributed by atoms with van der Waals surface area (Å²) >= 11 is 6.05. The van der Waals surface area contributed by atoms with E-state index in [-0.39, 0.29) is 0 Å². The lowest BCUT2D eigenvalue weighted by Crippen LogP contribution is -1.99. The third-order valence-corrected chi connectivity index (χ3v) is 3.29. The SMILES string of the molecule is O=CCc1cc(Cl)cc2c1CCCCC2. The Labute approximate surface area is 95.4 Å². The van der Waals surface area contributed by atoms with Crippen molar-refractivity contribution in [3.63, 3.8) is 0 Å². The summed E-state index contributed by atoms with van der Waals surface area (Å²) in [5.74, 6) is 0. The molecule has 0 saturated heterocycles. The second kappa shape index (κ2) is 4.80. The first-order valence-electron chi connectivity index (χ1n) is 5.55. The molecule has 0 aliphatic heterocycles. The fourth-order valence-corrected chi connectivity index (χ4v) is 2.63. The van der Waals surface area contributed by atoms with Crippen molar-refractivity contribution in [1.29, 1.82) is 0 Å². The highest BCUT2D eigenvalue weighted by Gasteiger charge is 2.12. The second-order valence-corrected chi connectivity index (χ2v) is 4.57. The average molecular weight is 223 g/mol. The Kier molecular flexibility index (Phi) is 3.42. The van der Waals surface area contributed by atoms with Gasteiger partial charge in [0.2, 0.25) is 0 Å². The van der Waals surface area contributed by atoms with Crippen molar-refractivity contribution in [2.45, 2.75) is 38.5 Å². The lowest BCUT2D eigenvalue weighted by molar-refractivity contribution is -0.107. The monoisotopic (exact) mass is 222 g/mol. The number of benzene rings is 1. The van der Waals surface area contributed by atoms with Gasteiger partial charge in [-0.05, 0) is 54.5 Å². The fourth-order valence-electron chi connectivity index (χ4n) is 2.37. The fraction of sp³-hybridized carbons (Fsp3) is 0.462. The van der Waals surface area contributed by atoms with Crippen LogP contribution in [0.5, 0.6) is 0 Å². The zero-order chi connectivity index (χ0) is 10.7. The summed E-state index contributed by atoms with van der Waals surface area (Å²) in [6, 6.07) is 4.01. The van der Waals surface area contributed by atoms with Gasteiger partial charge in [0.1, 0.15) is 6.29 Å². The van der Waals surface area contributed by atoms with Gasteiger partial charge in [-0.3, -0.25) is 0 Å². The van der Waals surface area contributed by atoms with E-state index in [1.54, 1.807) is 0 Å². The Hall–Kier alpha value is -0.820. The Morgan fingerprint density at radius 2 is 2.00 bits per heavy atom. The minimum absolute atomic E-state index is 0.503. The molecule has 0 saturated carbocycles. The summed E-state index contributed by atoms with van der Waals surface area (Å²) in [6.45, 7) is 0. The number of rotatable bonds is 2. The molecular formula is C13H15ClO. The van der Waals surface area contributed by atoms with E-state index in [0.29, 0.717) is 6.42 Å². The van der Waals surface area contributed by atoms with Crippen LogP contribution in [0.3, 0.4) is 0 Å². The summed E-state index contributed by atoms with van der Waals surface area (Å²) in [5.41, 5.74) is 3.87. The van der Waals surface area contributed by atoms with Gasteiger partial charge in [0.15, 0.2) is 0 Å². The number of aldehydes is 1. The predicted molar refractivity (Wildman–Crippen MR) is 62.5 cm³/mol. The molecule has 1 nitrogen and oxygen atoms in total. The zero-order valence-corrected chi connectivity index (χ0v) is 9.52. The van der Waals surface area contributed by atoms with E-state index in [2.05, 4.69) is 6.07 Å². The molecule has 0 amide bonds. The van der Waals surface area contributed by atoms with Crippen LogP contribution in [-0.2, 0) is 24.1 Å². The lowest BCUT2D eigenvalue weighted by atomic mass is 9.95. The van der Waals surface area contributed by atoms with Crippen LogP contribution in [0.1, 0.15) is 36.0 Å². The van der Waals surface area contributed by atoms with E-state index >= 15 is 0 Å². The van der Waals surface area contributed by atoms with Gasteiger partial charge in [0, 0.05) is 11.4 Å². The first-order valence-corrected chi connectivity index (χ1v) is 5.93. The van der Waals surface area contributed by atoms with Crippen molar-refractivity contribution in [3.05, 3.63) is 33.8 Å². The van der Waals surface area contributed by atoms with Crippen molar-refractivity contribution >= 4 is 17.9 Å². The van der Waals surface area contributed by atoms with Crippen LogP contribution in [0, 0.1) is 0 Å². The van der Waals surface area contributed by atoms with Gasteiger partial charge in [0.25, 0.3) is 0 Å². The van der Waals surface area contributed by atoms with Gasteiger partial charge >= 0.3 is 0 Å². The van der Waals surface area contributed by atoms with E-state index in [1.807, 2.05) is 6.07 Å². The second-order valence-electron chi connectivity index (χ2n) is 4.13. The van der Waals surface area contributed by atoms with Crippen molar-refractivity contribution < 1.29 is 4.79 Å². The Bertz CT molecular complexity index is 371. The first kappa shape index (κ1) is 10.7. The van der Waals surface area contributed by atoms with E-state index < -0.39 is 0 Å². The minimum Gasteiger partial charge on any atom is -0.303 e. The molecule has 0 fully saturated rings. The molecule has 0 bridgehead atoms. The number of carbonyl (C=O) groups excluding carboxylic acids is 1. The molecule has 0 spiro atoms. The smallest absolute Gasteiger partial charge is 0.124 e. The molecular weight excluding hydrogens is 208 g/mol. The van der Waals surface area contributed by atoms with Crippen molar-refractivity contribution in [1.82, 2.24) is 0 Å². The molecule has 15 heavy (non-hydrogen) atoms. The third-order valence-electron chi connectivity index (χ3n) is 3.08. The standard InChI is InChI=1S/C13H15ClO/c14-12-8-10-4-2-1-3-5-13(10)11(9-12)6-7-15/h7-9H,1-6H2. The normalized spacial score (nSPS) is 15.5. The van der Waals surface area contributed by atoms with E-state index in [4.69, 9.17) is 11.6 Å². The summed E-state index contributed by atoms with van der Waals surface area (Å²) < 4.78 is 0. The molecule has 0 aromatic heterocycles. The van der Waals surface area contributed by atoms with E-state index in [9.17, 15) is 4.79 Å². The largest absolute Gasteiger partial charge is 0.303 e. The molecule has 0 radical (unpaired) electrons. The van der Waals surface area contributed by atoms with Crippen LogP contribution in [0.25, 0.3) is 0 Å². The number of fused-ring (bicyclic) bond motifs is 1. The molecule has 1 aromatic rings. The molecule has 1 aromatic carbocycles. The lowest BCUT2D eigenvalue weighted by Gasteiger charge is -2.11.